The van der Waals surface area contributed by atoms with Gasteiger partial charge in [0.15, 0.2) is 5.82 Å². The zero-order valence-corrected chi connectivity index (χ0v) is 20.6. The number of rotatable bonds is 6. The van der Waals surface area contributed by atoms with E-state index in [0.717, 1.165) is 33.3 Å². The first kappa shape index (κ1) is 23.5. The SMILES string of the molecule is O=C(c1cc2ccc(-c3nccc(Nc4ccc(-c5cn[nH]c5)cc4)n3)cc2n1C1COC1)N1CC(F)(F)C1. The van der Waals surface area contributed by atoms with Crippen LogP contribution < -0.4 is 5.32 Å². The lowest BCUT2D eigenvalue weighted by atomic mass is 10.1. The summed E-state index contributed by atoms with van der Waals surface area (Å²) >= 11 is 0. The van der Waals surface area contributed by atoms with E-state index < -0.39 is 24.9 Å². The van der Waals surface area contributed by atoms with Crippen LogP contribution in [-0.4, -0.2) is 67.8 Å². The van der Waals surface area contributed by atoms with Crippen molar-refractivity contribution in [3.8, 4) is 22.5 Å². The van der Waals surface area contributed by atoms with Crippen LogP contribution in [0.2, 0.25) is 0 Å². The van der Waals surface area contributed by atoms with Crippen LogP contribution in [0.1, 0.15) is 16.5 Å². The molecule has 2 fully saturated rings. The number of hydrogen-bond donors (Lipinski definition) is 2. The third-order valence-electron chi connectivity index (χ3n) is 7.08. The molecule has 9 nitrogen and oxygen atoms in total. The molecule has 39 heavy (non-hydrogen) atoms. The second-order valence-electron chi connectivity index (χ2n) is 9.84. The number of H-pyrrole nitrogens is 1. The van der Waals surface area contributed by atoms with Crippen molar-refractivity contribution in [1.82, 2.24) is 29.6 Å². The molecule has 1 amide bonds. The first-order valence-electron chi connectivity index (χ1n) is 12.5. The fourth-order valence-corrected chi connectivity index (χ4v) is 4.98. The number of fused-ring (bicyclic) bond motifs is 1. The van der Waals surface area contributed by atoms with Gasteiger partial charge in [0.25, 0.3) is 11.8 Å². The van der Waals surface area contributed by atoms with Gasteiger partial charge in [0, 0.05) is 40.1 Å². The fraction of sp³-hybridized carbons (Fsp3) is 0.214. The monoisotopic (exact) mass is 527 g/mol. The first-order valence-corrected chi connectivity index (χ1v) is 12.5. The number of alkyl halides is 2. The van der Waals surface area contributed by atoms with Gasteiger partial charge in [-0.05, 0) is 35.9 Å². The van der Waals surface area contributed by atoms with Crippen molar-refractivity contribution in [2.75, 3.05) is 31.6 Å². The van der Waals surface area contributed by atoms with Crippen LogP contribution >= 0.6 is 0 Å². The van der Waals surface area contributed by atoms with Gasteiger partial charge in [0.2, 0.25) is 0 Å². The Labute approximate surface area is 221 Å². The second-order valence-corrected chi connectivity index (χ2v) is 9.84. The van der Waals surface area contributed by atoms with E-state index in [4.69, 9.17) is 9.72 Å². The molecule has 0 saturated carbocycles. The maximum absolute atomic E-state index is 13.4. The number of aromatic amines is 1. The summed E-state index contributed by atoms with van der Waals surface area (Å²) in [7, 11) is 0. The predicted octanol–water partition coefficient (Wildman–Crippen LogP) is 4.89. The van der Waals surface area contributed by atoms with Crippen molar-refractivity contribution >= 4 is 28.3 Å². The topological polar surface area (TPSA) is 101 Å². The van der Waals surface area contributed by atoms with Crippen molar-refractivity contribution in [3.63, 3.8) is 0 Å². The van der Waals surface area contributed by atoms with Crippen LogP contribution in [0.4, 0.5) is 20.3 Å². The minimum Gasteiger partial charge on any atom is -0.377 e. The van der Waals surface area contributed by atoms with E-state index in [0.29, 0.717) is 30.5 Å². The molecule has 2 aliphatic rings. The van der Waals surface area contributed by atoms with Gasteiger partial charge >= 0.3 is 0 Å². The summed E-state index contributed by atoms with van der Waals surface area (Å²) in [5.41, 5.74) is 4.91. The Morgan fingerprint density at radius 1 is 1.03 bits per heavy atom. The zero-order chi connectivity index (χ0) is 26.6. The number of likely N-dealkylation sites (tertiary alicyclic amines) is 1. The number of carbonyl (C=O) groups excluding carboxylic acids is 1. The number of ether oxygens (including phenoxy) is 1. The average Bonchev–Trinajstić information content (AvgIpc) is 3.55. The van der Waals surface area contributed by atoms with Gasteiger partial charge < -0.3 is 19.5 Å². The smallest absolute Gasteiger partial charge is 0.282 e. The Bertz CT molecular complexity index is 1670. The van der Waals surface area contributed by atoms with Crippen LogP contribution in [0.15, 0.2) is 73.2 Å². The predicted molar refractivity (Wildman–Crippen MR) is 141 cm³/mol. The van der Waals surface area contributed by atoms with Crippen molar-refractivity contribution in [2.45, 2.75) is 12.0 Å². The molecule has 0 unspecified atom stereocenters. The molecule has 11 heteroatoms. The summed E-state index contributed by atoms with van der Waals surface area (Å²) < 4.78 is 34.2. The van der Waals surface area contributed by atoms with E-state index in [1.54, 1.807) is 24.5 Å². The van der Waals surface area contributed by atoms with E-state index in [1.807, 2.05) is 53.2 Å². The number of nitrogens with zero attached hydrogens (tertiary/aromatic N) is 5. The van der Waals surface area contributed by atoms with E-state index >= 15 is 0 Å². The number of anilines is 2. The van der Waals surface area contributed by atoms with Crippen LogP contribution in [0.3, 0.4) is 0 Å². The number of nitrogens with one attached hydrogen (secondary N) is 2. The second kappa shape index (κ2) is 8.98. The number of halogens is 2. The quantitative estimate of drug-likeness (QED) is 0.326. The lowest BCUT2D eigenvalue weighted by Crippen LogP contribution is -2.58. The lowest BCUT2D eigenvalue weighted by molar-refractivity contribution is -0.113. The van der Waals surface area contributed by atoms with Crippen LogP contribution in [-0.2, 0) is 4.74 Å². The molecule has 0 bridgehead atoms. The molecule has 2 saturated heterocycles. The van der Waals surface area contributed by atoms with Crippen molar-refractivity contribution < 1.29 is 18.3 Å². The Kier molecular flexibility index (Phi) is 5.41. The Morgan fingerprint density at radius 2 is 1.82 bits per heavy atom. The number of amides is 1. The third-order valence-corrected chi connectivity index (χ3v) is 7.08. The minimum atomic E-state index is -2.82. The average molecular weight is 528 g/mol. The van der Waals surface area contributed by atoms with Gasteiger partial charge in [-0.1, -0.05) is 24.3 Å². The molecule has 0 radical (unpaired) electrons. The van der Waals surface area contributed by atoms with E-state index in [1.165, 1.54) is 4.90 Å². The summed E-state index contributed by atoms with van der Waals surface area (Å²) in [4.78, 5) is 23.5. The molecule has 196 valence electrons. The first-order chi connectivity index (χ1) is 18.9. The highest BCUT2D eigenvalue weighted by molar-refractivity contribution is 6.00. The zero-order valence-electron chi connectivity index (χ0n) is 20.6. The van der Waals surface area contributed by atoms with Gasteiger partial charge in [0.05, 0.1) is 38.5 Å². The van der Waals surface area contributed by atoms with Crippen LogP contribution in [0.5, 0.6) is 0 Å². The molecule has 0 aliphatic carbocycles. The van der Waals surface area contributed by atoms with E-state index in [-0.39, 0.29) is 6.04 Å². The van der Waals surface area contributed by atoms with Gasteiger partial charge in [-0.2, -0.15) is 5.10 Å². The molecule has 0 atom stereocenters. The largest absolute Gasteiger partial charge is 0.377 e. The molecule has 0 spiro atoms. The lowest BCUT2D eigenvalue weighted by Gasteiger charge is -2.39. The normalized spacial score (nSPS) is 16.6. The van der Waals surface area contributed by atoms with Crippen molar-refractivity contribution in [2.24, 2.45) is 0 Å². The minimum absolute atomic E-state index is 0.0440. The highest BCUT2D eigenvalue weighted by Gasteiger charge is 2.47. The standard InChI is InChI=1S/C28H23F2N7O2/c29-28(30)15-36(16-28)27(38)24-9-18-1-2-19(10-23(18)37(24)22-13-39-14-22)26-31-8-7-25(35-26)34-21-5-3-17(4-6-21)20-11-32-33-12-20/h1-12,22H,13-16H2,(H,32,33)(H,31,34,35). The van der Waals surface area contributed by atoms with Crippen LogP contribution in [0, 0.1) is 0 Å². The number of hydrogen-bond acceptors (Lipinski definition) is 6. The Morgan fingerprint density at radius 3 is 2.51 bits per heavy atom. The summed E-state index contributed by atoms with van der Waals surface area (Å²) in [6, 6.07) is 17.2. The molecule has 5 aromatic rings. The number of carbonyl (C=O) groups is 1. The molecule has 2 aromatic carbocycles. The van der Waals surface area contributed by atoms with Gasteiger partial charge in [-0.25, -0.2) is 18.7 Å². The van der Waals surface area contributed by atoms with Gasteiger partial charge in [-0.15, -0.1) is 0 Å². The fourth-order valence-electron chi connectivity index (χ4n) is 4.98. The number of aromatic nitrogens is 5. The molecular formula is C28H23F2N7O2. The molecule has 3 aromatic heterocycles. The third kappa shape index (κ3) is 4.30. The summed E-state index contributed by atoms with van der Waals surface area (Å²) in [5.74, 6) is -2.07. The highest BCUT2D eigenvalue weighted by Crippen LogP contribution is 2.34. The van der Waals surface area contributed by atoms with Gasteiger partial charge in [-0.3, -0.25) is 9.89 Å². The van der Waals surface area contributed by atoms with E-state index in [2.05, 4.69) is 20.5 Å². The van der Waals surface area contributed by atoms with Crippen molar-refractivity contribution in [1.29, 1.82) is 0 Å². The Hall–Kier alpha value is -4.64. The molecule has 2 N–H and O–H groups in total. The summed E-state index contributed by atoms with van der Waals surface area (Å²) in [5, 5.41) is 11.0. The molecule has 7 rings (SSSR count). The van der Waals surface area contributed by atoms with Crippen LogP contribution in [0.25, 0.3) is 33.4 Å². The molecule has 2 aliphatic heterocycles. The van der Waals surface area contributed by atoms with Crippen molar-refractivity contribution in [3.05, 3.63) is 78.9 Å². The maximum atomic E-state index is 13.4. The summed E-state index contributed by atoms with van der Waals surface area (Å²) in [6.07, 6.45) is 5.30. The molecule has 5 heterocycles. The highest BCUT2D eigenvalue weighted by atomic mass is 19.3. The Balaban J connectivity index is 1.18. The maximum Gasteiger partial charge on any atom is 0.282 e. The van der Waals surface area contributed by atoms with E-state index in [9.17, 15) is 13.6 Å². The number of benzene rings is 2. The van der Waals surface area contributed by atoms with Gasteiger partial charge in [0.1, 0.15) is 11.5 Å². The molecular weight excluding hydrogens is 504 g/mol. The summed E-state index contributed by atoms with van der Waals surface area (Å²) in [6.45, 7) is -0.196.